The summed E-state index contributed by atoms with van der Waals surface area (Å²) in [5, 5.41) is 10.8. The van der Waals surface area contributed by atoms with Gasteiger partial charge in [0.05, 0.1) is 6.07 Å². The summed E-state index contributed by atoms with van der Waals surface area (Å²) in [5.41, 5.74) is 3.02. The van der Waals surface area contributed by atoms with Gasteiger partial charge in [-0.1, -0.05) is 0 Å². The molecule has 68 valence electrons. The third-order valence-electron chi connectivity index (χ3n) is 2.65. The molecule has 0 saturated carbocycles. The second-order valence-corrected chi connectivity index (χ2v) is 4.49. The lowest BCUT2D eigenvalue weighted by Crippen LogP contribution is -2.00. The molecule has 0 unspecified atom stereocenters. The van der Waals surface area contributed by atoms with Crippen molar-refractivity contribution in [2.45, 2.75) is 38.5 Å². The molecule has 1 nitrogen and oxygen atoms in total. The van der Waals surface area contributed by atoms with Gasteiger partial charge in [0.25, 0.3) is 0 Å². The molecule has 2 heteroatoms. The van der Waals surface area contributed by atoms with Gasteiger partial charge in [0, 0.05) is 11.3 Å². The zero-order valence-electron chi connectivity index (χ0n) is 7.68. The first-order valence-corrected chi connectivity index (χ1v) is 5.75. The maximum Gasteiger partial charge on any atom is 0.0625 e. The molecule has 1 aromatic rings. The molecule has 1 aliphatic carbocycles. The molecular weight excluding hydrogens is 178 g/mol. The molecule has 0 fully saturated rings. The highest BCUT2D eigenvalue weighted by atomic mass is 32.1. The van der Waals surface area contributed by atoms with E-state index in [4.69, 9.17) is 5.26 Å². The van der Waals surface area contributed by atoms with Crippen molar-refractivity contribution in [2.75, 3.05) is 0 Å². The molecule has 0 N–H and O–H groups in total. The van der Waals surface area contributed by atoms with E-state index in [2.05, 4.69) is 11.4 Å². The first-order valence-electron chi connectivity index (χ1n) is 4.87. The van der Waals surface area contributed by atoms with E-state index in [1.807, 2.05) is 11.3 Å². The van der Waals surface area contributed by atoms with Crippen LogP contribution in [-0.2, 0) is 19.3 Å². The van der Waals surface area contributed by atoms with Crippen molar-refractivity contribution in [3.05, 3.63) is 21.4 Å². The lowest BCUT2D eigenvalue weighted by atomic mass is 9.94. The van der Waals surface area contributed by atoms with Gasteiger partial charge < -0.3 is 0 Å². The summed E-state index contributed by atoms with van der Waals surface area (Å²) in [4.78, 5) is 1.58. The molecule has 1 heterocycles. The fourth-order valence-electron chi connectivity index (χ4n) is 1.96. The zero-order valence-corrected chi connectivity index (χ0v) is 8.49. The lowest BCUT2D eigenvalue weighted by molar-refractivity contribution is 0.690. The quantitative estimate of drug-likeness (QED) is 0.704. The van der Waals surface area contributed by atoms with Crippen molar-refractivity contribution in [2.24, 2.45) is 0 Å². The van der Waals surface area contributed by atoms with Crippen molar-refractivity contribution in [3.63, 3.8) is 0 Å². The molecule has 1 aliphatic rings. The number of fused-ring (bicyclic) bond motifs is 1. The minimum Gasteiger partial charge on any atom is -0.198 e. The van der Waals surface area contributed by atoms with Crippen molar-refractivity contribution >= 4 is 11.3 Å². The van der Waals surface area contributed by atoms with Crippen LogP contribution >= 0.6 is 11.3 Å². The van der Waals surface area contributed by atoms with Gasteiger partial charge in [-0.05, 0) is 48.6 Å². The smallest absolute Gasteiger partial charge is 0.0625 e. The number of thiophene rings is 1. The van der Waals surface area contributed by atoms with Crippen LogP contribution in [0.5, 0.6) is 0 Å². The van der Waals surface area contributed by atoms with Crippen LogP contribution in [-0.4, -0.2) is 0 Å². The topological polar surface area (TPSA) is 23.8 Å². The Balaban J connectivity index is 2.18. The fraction of sp³-hybridized carbons (Fsp3) is 0.545. The number of aryl methyl sites for hydroxylation is 2. The van der Waals surface area contributed by atoms with E-state index < -0.39 is 0 Å². The fourth-order valence-corrected chi connectivity index (χ4v) is 3.14. The monoisotopic (exact) mass is 191 g/mol. The average molecular weight is 191 g/mol. The summed E-state index contributed by atoms with van der Waals surface area (Å²) in [7, 11) is 0. The van der Waals surface area contributed by atoms with Crippen LogP contribution in [0.1, 0.15) is 35.3 Å². The Kier molecular flexibility index (Phi) is 2.65. The number of rotatable bonds is 2. The van der Waals surface area contributed by atoms with E-state index >= 15 is 0 Å². The van der Waals surface area contributed by atoms with Crippen molar-refractivity contribution in [1.29, 1.82) is 5.26 Å². The Bertz CT molecular complexity index is 332. The number of nitrogens with zero attached hydrogens (tertiary/aromatic N) is 1. The van der Waals surface area contributed by atoms with Gasteiger partial charge in [-0.2, -0.15) is 5.26 Å². The highest BCUT2D eigenvalue weighted by molar-refractivity contribution is 7.10. The zero-order chi connectivity index (χ0) is 9.10. The second-order valence-electron chi connectivity index (χ2n) is 3.53. The second kappa shape index (κ2) is 3.93. The Labute approximate surface area is 83.0 Å². The normalized spacial score (nSPS) is 15.0. The molecule has 0 amide bonds. The lowest BCUT2D eigenvalue weighted by Gasteiger charge is -2.11. The van der Waals surface area contributed by atoms with Crippen LogP contribution in [0.25, 0.3) is 0 Å². The van der Waals surface area contributed by atoms with Crippen LogP contribution in [0, 0.1) is 11.3 Å². The standard InChI is InChI=1S/C11H13NS/c12-7-3-4-9-8-13-11-6-2-1-5-10(9)11/h8H,1-6H2. The van der Waals surface area contributed by atoms with E-state index in [1.54, 1.807) is 10.4 Å². The van der Waals surface area contributed by atoms with E-state index in [0.717, 1.165) is 6.42 Å². The van der Waals surface area contributed by atoms with Crippen LogP contribution in [0.15, 0.2) is 5.38 Å². The molecule has 0 spiro atoms. The van der Waals surface area contributed by atoms with E-state index in [1.165, 1.54) is 31.2 Å². The molecule has 0 bridgehead atoms. The van der Waals surface area contributed by atoms with Crippen molar-refractivity contribution in [1.82, 2.24) is 0 Å². The minimum atomic E-state index is 0.670. The summed E-state index contributed by atoms with van der Waals surface area (Å²) in [6.07, 6.45) is 6.84. The summed E-state index contributed by atoms with van der Waals surface area (Å²) in [6, 6.07) is 2.22. The molecular formula is C11H13NS. The molecule has 13 heavy (non-hydrogen) atoms. The Morgan fingerprint density at radius 1 is 1.38 bits per heavy atom. The van der Waals surface area contributed by atoms with E-state index in [0.29, 0.717) is 6.42 Å². The third kappa shape index (κ3) is 1.76. The molecule has 0 aromatic carbocycles. The predicted molar refractivity (Wildman–Crippen MR) is 54.9 cm³/mol. The predicted octanol–water partition coefficient (Wildman–Crippen LogP) is 3.08. The van der Waals surface area contributed by atoms with Crippen LogP contribution < -0.4 is 0 Å². The van der Waals surface area contributed by atoms with Gasteiger partial charge in [-0.3, -0.25) is 0 Å². The third-order valence-corrected chi connectivity index (χ3v) is 3.79. The number of nitriles is 1. The first kappa shape index (κ1) is 8.77. The van der Waals surface area contributed by atoms with Gasteiger partial charge in [-0.15, -0.1) is 11.3 Å². The first-order chi connectivity index (χ1) is 6.42. The van der Waals surface area contributed by atoms with Gasteiger partial charge in [0.2, 0.25) is 0 Å². The van der Waals surface area contributed by atoms with Gasteiger partial charge in [-0.25, -0.2) is 0 Å². The van der Waals surface area contributed by atoms with Crippen molar-refractivity contribution in [3.8, 4) is 6.07 Å². The largest absolute Gasteiger partial charge is 0.198 e. The van der Waals surface area contributed by atoms with E-state index in [9.17, 15) is 0 Å². The van der Waals surface area contributed by atoms with E-state index in [-0.39, 0.29) is 0 Å². The summed E-state index contributed by atoms with van der Waals surface area (Å²) in [5.74, 6) is 0. The average Bonchev–Trinajstić information content (AvgIpc) is 2.58. The van der Waals surface area contributed by atoms with Crippen molar-refractivity contribution < 1.29 is 0 Å². The Morgan fingerprint density at radius 2 is 2.23 bits per heavy atom. The summed E-state index contributed by atoms with van der Waals surface area (Å²) >= 11 is 1.89. The molecule has 0 saturated heterocycles. The number of hydrogen-bond acceptors (Lipinski definition) is 2. The molecule has 2 rings (SSSR count). The molecule has 1 aromatic heterocycles. The Morgan fingerprint density at radius 3 is 3.08 bits per heavy atom. The summed E-state index contributed by atoms with van der Waals surface area (Å²) < 4.78 is 0. The van der Waals surface area contributed by atoms with Crippen LogP contribution in [0.2, 0.25) is 0 Å². The van der Waals surface area contributed by atoms with Crippen LogP contribution in [0.3, 0.4) is 0 Å². The minimum absolute atomic E-state index is 0.670. The van der Waals surface area contributed by atoms with Gasteiger partial charge >= 0.3 is 0 Å². The van der Waals surface area contributed by atoms with Crippen LogP contribution in [0.4, 0.5) is 0 Å². The molecule has 0 aliphatic heterocycles. The SMILES string of the molecule is N#CCCc1csc2c1CCCC2. The van der Waals surface area contributed by atoms with Gasteiger partial charge in [0.15, 0.2) is 0 Å². The molecule has 0 radical (unpaired) electrons. The van der Waals surface area contributed by atoms with Gasteiger partial charge in [0.1, 0.15) is 0 Å². The highest BCUT2D eigenvalue weighted by Gasteiger charge is 2.14. The summed E-state index contributed by atoms with van der Waals surface area (Å²) in [6.45, 7) is 0. The maximum absolute atomic E-state index is 8.52. The number of hydrogen-bond donors (Lipinski definition) is 0. The molecule has 0 atom stereocenters. The Hall–Kier alpha value is -0.810. The maximum atomic E-state index is 8.52. The highest BCUT2D eigenvalue weighted by Crippen LogP contribution is 2.30.